The number of hydrogen-bond donors (Lipinski definition) is 1. The smallest absolute Gasteiger partial charge is 0.327 e. The highest BCUT2D eigenvalue weighted by Crippen LogP contribution is 2.25. The van der Waals surface area contributed by atoms with E-state index >= 15 is 0 Å². The predicted octanol–water partition coefficient (Wildman–Crippen LogP) is 2.70. The van der Waals surface area contributed by atoms with Gasteiger partial charge in [0.1, 0.15) is 6.04 Å². The van der Waals surface area contributed by atoms with Crippen molar-refractivity contribution in [2.24, 2.45) is 5.73 Å². The minimum absolute atomic E-state index is 0. The van der Waals surface area contributed by atoms with Gasteiger partial charge in [-0.2, -0.15) is 0 Å². The average molecular weight is 315 g/mol. The van der Waals surface area contributed by atoms with Crippen LogP contribution in [0.3, 0.4) is 0 Å². The van der Waals surface area contributed by atoms with Gasteiger partial charge in [-0.1, -0.05) is 33.6 Å². The Morgan fingerprint density at radius 3 is 2.67 bits per heavy atom. The molecule has 1 aromatic rings. The number of esters is 1. The molecule has 0 amide bonds. The summed E-state index contributed by atoms with van der Waals surface area (Å²) in [6, 6.07) is 4.30. The van der Waals surface area contributed by atoms with Gasteiger partial charge in [0.05, 0.1) is 7.11 Å². The maximum Gasteiger partial charge on any atom is 0.327 e. The van der Waals surface area contributed by atoms with E-state index in [0.29, 0.717) is 10.6 Å². The summed E-state index contributed by atoms with van der Waals surface area (Å²) >= 11 is 9.17. The lowest BCUT2D eigenvalue weighted by atomic mass is 10.1. The van der Waals surface area contributed by atoms with Crippen LogP contribution in [0, 0.1) is 0 Å². The monoisotopic (exact) mass is 313 g/mol. The van der Waals surface area contributed by atoms with Gasteiger partial charge in [-0.05, 0) is 17.7 Å². The summed E-state index contributed by atoms with van der Waals surface area (Å²) in [4.78, 5) is 11.1. The van der Waals surface area contributed by atoms with Crippen molar-refractivity contribution >= 4 is 45.9 Å². The number of methoxy groups -OCH3 is 1. The third-order valence-electron chi connectivity index (χ3n) is 1.75. The second-order valence-corrected chi connectivity index (χ2v) is 3.99. The van der Waals surface area contributed by atoms with Crippen LogP contribution < -0.4 is 5.73 Å². The van der Waals surface area contributed by atoms with Crippen LogP contribution in [-0.4, -0.2) is 13.1 Å². The molecular formula is C9H10BrCl2NO2. The van der Waals surface area contributed by atoms with Gasteiger partial charge in [-0.15, -0.1) is 12.4 Å². The molecule has 0 fully saturated rings. The van der Waals surface area contributed by atoms with Gasteiger partial charge in [0.15, 0.2) is 0 Å². The molecule has 0 radical (unpaired) electrons. The van der Waals surface area contributed by atoms with Crippen LogP contribution in [0.5, 0.6) is 0 Å². The zero-order valence-corrected chi connectivity index (χ0v) is 11.0. The molecule has 1 rings (SSSR count). The summed E-state index contributed by atoms with van der Waals surface area (Å²) < 4.78 is 5.35. The molecule has 0 unspecified atom stereocenters. The molecule has 1 atom stereocenters. The maximum absolute atomic E-state index is 11.1. The third kappa shape index (κ3) is 3.65. The van der Waals surface area contributed by atoms with Gasteiger partial charge in [0.2, 0.25) is 0 Å². The number of hydrogen-bond acceptors (Lipinski definition) is 3. The third-order valence-corrected chi connectivity index (χ3v) is 2.57. The van der Waals surface area contributed by atoms with E-state index in [1.807, 2.05) is 0 Å². The Balaban J connectivity index is 0.00000196. The highest BCUT2D eigenvalue weighted by molar-refractivity contribution is 9.10. The van der Waals surface area contributed by atoms with E-state index in [4.69, 9.17) is 17.3 Å². The Kier molecular flexibility index (Phi) is 6.20. The minimum Gasteiger partial charge on any atom is -0.468 e. The molecule has 0 aliphatic rings. The molecule has 2 N–H and O–H groups in total. The molecule has 0 aliphatic carbocycles. The SMILES string of the molecule is COC(=O)[C@@H](N)c1ccc(Br)cc1Cl.Cl. The fraction of sp³-hybridized carbons (Fsp3) is 0.222. The molecule has 0 bridgehead atoms. The van der Waals surface area contributed by atoms with Crippen LogP contribution in [0.2, 0.25) is 5.02 Å². The number of nitrogens with two attached hydrogens (primary N) is 1. The van der Waals surface area contributed by atoms with E-state index in [1.165, 1.54) is 7.11 Å². The van der Waals surface area contributed by atoms with E-state index in [1.54, 1.807) is 18.2 Å². The summed E-state index contributed by atoms with van der Waals surface area (Å²) in [5.74, 6) is -0.505. The maximum atomic E-state index is 11.1. The molecule has 0 saturated carbocycles. The van der Waals surface area contributed by atoms with Crippen molar-refractivity contribution in [3.8, 4) is 0 Å². The first kappa shape index (κ1) is 14.7. The number of carbonyl (C=O) groups excluding carboxylic acids is 1. The number of rotatable bonds is 2. The zero-order chi connectivity index (χ0) is 10.7. The van der Waals surface area contributed by atoms with Crippen molar-refractivity contribution in [2.45, 2.75) is 6.04 Å². The molecule has 0 heterocycles. The Morgan fingerprint density at radius 1 is 1.60 bits per heavy atom. The second-order valence-electron chi connectivity index (χ2n) is 2.67. The summed E-state index contributed by atoms with van der Waals surface area (Å²) in [7, 11) is 1.29. The normalized spacial score (nSPS) is 11.5. The minimum atomic E-state index is -0.833. The largest absolute Gasteiger partial charge is 0.468 e. The van der Waals surface area contributed by atoms with Crippen LogP contribution in [0.15, 0.2) is 22.7 Å². The lowest BCUT2D eigenvalue weighted by Gasteiger charge is -2.11. The molecule has 6 heteroatoms. The predicted molar refractivity (Wildman–Crippen MR) is 65.3 cm³/mol. The Hall–Kier alpha value is -0.290. The van der Waals surface area contributed by atoms with Crippen molar-refractivity contribution < 1.29 is 9.53 Å². The van der Waals surface area contributed by atoms with Gasteiger partial charge in [0.25, 0.3) is 0 Å². The summed E-state index contributed by atoms with van der Waals surface area (Å²) in [6.45, 7) is 0. The van der Waals surface area contributed by atoms with E-state index < -0.39 is 12.0 Å². The Morgan fingerprint density at radius 2 is 2.20 bits per heavy atom. The molecule has 0 saturated heterocycles. The van der Waals surface area contributed by atoms with E-state index in [0.717, 1.165) is 4.47 Å². The Labute approximate surface area is 107 Å². The first-order chi connectivity index (χ1) is 6.56. The number of carbonyl (C=O) groups is 1. The van der Waals surface area contributed by atoms with E-state index in [-0.39, 0.29) is 12.4 Å². The van der Waals surface area contributed by atoms with Crippen LogP contribution in [0.1, 0.15) is 11.6 Å². The molecule has 0 aromatic heterocycles. The van der Waals surface area contributed by atoms with E-state index in [2.05, 4.69) is 20.7 Å². The summed E-state index contributed by atoms with van der Waals surface area (Å²) in [5, 5.41) is 0.442. The first-order valence-corrected chi connectivity index (χ1v) is 5.01. The first-order valence-electron chi connectivity index (χ1n) is 3.84. The summed E-state index contributed by atoms with van der Waals surface area (Å²) in [5.41, 5.74) is 6.18. The highest BCUT2D eigenvalue weighted by atomic mass is 79.9. The topological polar surface area (TPSA) is 52.3 Å². The van der Waals surface area contributed by atoms with Crippen LogP contribution >= 0.6 is 39.9 Å². The molecular weight excluding hydrogens is 305 g/mol. The van der Waals surface area contributed by atoms with Crippen molar-refractivity contribution in [3.05, 3.63) is 33.3 Å². The fourth-order valence-electron chi connectivity index (χ4n) is 1.01. The number of ether oxygens (including phenoxy) is 1. The summed E-state index contributed by atoms with van der Waals surface area (Å²) in [6.07, 6.45) is 0. The van der Waals surface area contributed by atoms with Gasteiger partial charge in [-0.25, -0.2) is 0 Å². The van der Waals surface area contributed by atoms with Crippen LogP contribution in [0.25, 0.3) is 0 Å². The number of halogens is 3. The average Bonchev–Trinajstić information content (AvgIpc) is 2.15. The molecule has 3 nitrogen and oxygen atoms in total. The lowest BCUT2D eigenvalue weighted by molar-refractivity contribution is -0.142. The number of benzene rings is 1. The van der Waals surface area contributed by atoms with Gasteiger partial charge < -0.3 is 10.5 Å². The second kappa shape index (κ2) is 6.33. The zero-order valence-electron chi connectivity index (χ0n) is 7.87. The lowest BCUT2D eigenvalue weighted by Crippen LogP contribution is -2.22. The van der Waals surface area contributed by atoms with Gasteiger partial charge in [-0.3, -0.25) is 4.79 Å². The van der Waals surface area contributed by atoms with Crippen molar-refractivity contribution in [3.63, 3.8) is 0 Å². The van der Waals surface area contributed by atoms with Crippen molar-refractivity contribution in [1.82, 2.24) is 0 Å². The highest BCUT2D eigenvalue weighted by Gasteiger charge is 2.18. The fourth-order valence-corrected chi connectivity index (χ4v) is 1.80. The van der Waals surface area contributed by atoms with Gasteiger partial charge >= 0.3 is 5.97 Å². The van der Waals surface area contributed by atoms with Gasteiger partial charge in [0, 0.05) is 9.50 Å². The quantitative estimate of drug-likeness (QED) is 0.854. The standard InChI is InChI=1S/C9H9BrClNO2.ClH/c1-14-9(13)8(12)6-3-2-5(10)4-7(6)11;/h2-4,8H,12H2,1H3;1H/t8-;/m0./s1. The van der Waals surface area contributed by atoms with Crippen LogP contribution in [-0.2, 0) is 9.53 Å². The molecule has 84 valence electrons. The van der Waals surface area contributed by atoms with Crippen molar-refractivity contribution in [1.29, 1.82) is 0 Å². The molecule has 15 heavy (non-hydrogen) atoms. The Bertz CT molecular complexity index is 360. The molecule has 0 aliphatic heterocycles. The van der Waals surface area contributed by atoms with E-state index in [9.17, 15) is 4.79 Å². The molecule has 0 spiro atoms. The molecule has 1 aromatic carbocycles. The van der Waals surface area contributed by atoms with Crippen LogP contribution in [0.4, 0.5) is 0 Å². The van der Waals surface area contributed by atoms with Crippen molar-refractivity contribution in [2.75, 3.05) is 7.11 Å².